The van der Waals surface area contributed by atoms with E-state index in [9.17, 15) is 0 Å². The van der Waals surface area contributed by atoms with E-state index in [0.29, 0.717) is 0 Å². The predicted molar refractivity (Wildman–Crippen MR) is 108 cm³/mol. The van der Waals surface area contributed by atoms with Crippen LogP contribution in [0.4, 0.5) is 5.69 Å². The van der Waals surface area contributed by atoms with E-state index in [4.69, 9.17) is 5.26 Å². The molecule has 1 aliphatic heterocycles. The van der Waals surface area contributed by atoms with Crippen molar-refractivity contribution in [2.45, 2.75) is 51.9 Å². The van der Waals surface area contributed by atoms with E-state index in [1.165, 1.54) is 76.3 Å². The molecule has 0 spiro atoms. The lowest BCUT2D eigenvalue weighted by Crippen LogP contribution is -2.46. The fourth-order valence-corrected chi connectivity index (χ4v) is 3.45. The van der Waals surface area contributed by atoms with Crippen molar-refractivity contribution in [3.8, 4) is 6.07 Å². The highest BCUT2D eigenvalue weighted by atomic mass is 15.3. The zero-order valence-electron chi connectivity index (χ0n) is 15.8. The number of nitrogens with zero attached hydrogens (tertiary/aromatic N) is 3. The summed E-state index contributed by atoms with van der Waals surface area (Å²) in [7, 11) is 0. The van der Waals surface area contributed by atoms with Gasteiger partial charge in [0.15, 0.2) is 0 Å². The van der Waals surface area contributed by atoms with Gasteiger partial charge in [-0.05, 0) is 36.7 Å². The van der Waals surface area contributed by atoms with Gasteiger partial charge in [-0.25, -0.2) is 0 Å². The van der Waals surface area contributed by atoms with Gasteiger partial charge in [-0.1, -0.05) is 57.6 Å². The number of unbranched alkanes of at least 4 members (excludes halogenated alkanes) is 6. The van der Waals surface area contributed by atoms with Gasteiger partial charge >= 0.3 is 0 Å². The van der Waals surface area contributed by atoms with Gasteiger partial charge in [-0.3, -0.25) is 4.90 Å². The van der Waals surface area contributed by atoms with Gasteiger partial charge in [0, 0.05) is 37.9 Å². The molecule has 1 heterocycles. The Kier molecular flexibility index (Phi) is 9.15. The maximum Gasteiger partial charge on any atom is 0.0912 e. The zero-order chi connectivity index (χ0) is 17.7. The van der Waals surface area contributed by atoms with E-state index in [1.807, 2.05) is 12.1 Å². The van der Waals surface area contributed by atoms with Crippen LogP contribution in [-0.2, 0) is 0 Å². The van der Waals surface area contributed by atoms with Crippen LogP contribution >= 0.6 is 0 Å². The molecule has 1 aromatic carbocycles. The number of hydrogen-bond acceptors (Lipinski definition) is 3. The summed E-state index contributed by atoms with van der Waals surface area (Å²) in [6, 6.07) is 10.6. The van der Waals surface area contributed by atoms with Crippen molar-refractivity contribution in [1.82, 2.24) is 4.90 Å². The quantitative estimate of drug-likeness (QED) is 0.439. The molecule has 0 atom stereocenters. The topological polar surface area (TPSA) is 30.3 Å². The van der Waals surface area contributed by atoms with Gasteiger partial charge in [-0.15, -0.1) is 0 Å². The minimum absolute atomic E-state index is 1.09. The second-order valence-electron chi connectivity index (χ2n) is 7.00. The maximum atomic E-state index is 8.59. The fourth-order valence-electron chi connectivity index (χ4n) is 3.45. The maximum absolute atomic E-state index is 8.59. The summed E-state index contributed by atoms with van der Waals surface area (Å²) in [5.74, 6) is 0. The highest BCUT2D eigenvalue weighted by molar-refractivity contribution is 5.57. The third kappa shape index (κ3) is 7.32. The summed E-state index contributed by atoms with van der Waals surface area (Å²) in [4.78, 5) is 5.09. The Morgan fingerprint density at radius 2 is 1.56 bits per heavy atom. The van der Waals surface area contributed by atoms with Crippen LogP contribution < -0.4 is 4.90 Å². The van der Waals surface area contributed by atoms with Gasteiger partial charge in [0.25, 0.3) is 0 Å². The van der Waals surface area contributed by atoms with E-state index < -0.39 is 0 Å². The first kappa shape index (κ1) is 19.5. The van der Waals surface area contributed by atoms with Crippen molar-refractivity contribution < 1.29 is 0 Å². The number of hydrogen-bond donors (Lipinski definition) is 0. The summed E-state index contributed by atoms with van der Waals surface area (Å²) in [5.41, 5.74) is 2.38. The van der Waals surface area contributed by atoms with E-state index in [1.54, 1.807) is 0 Å². The molecule has 0 N–H and O–H groups in total. The van der Waals surface area contributed by atoms with Crippen molar-refractivity contribution in [1.29, 1.82) is 5.26 Å². The summed E-state index contributed by atoms with van der Waals surface area (Å²) >= 11 is 0. The molecule has 0 aromatic heterocycles. The number of rotatable bonds is 10. The normalized spacial score (nSPS) is 15.6. The predicted octanol–water partition coefficient (Wildman–Crippen LogP) is 5.10. The first-order valence-corrected chi connectivity index (χ1v) is 9.97. The van der Waals surface area contributed by atoms with E-state index >= 15 is 0 Å². The summed E-state index contributed by atoms with van der Waals surface area (Å²) < 4.78 is 0. The molecule has 0 radical (unpaired) electrons. The minimum atomic E-state index is 1.09. The monoisotopic (exact) mass is 339 g/mol. The Labute approximate surface area is 153 Å². The fraction of sp³-hybridized carbons (Fsp3) is 0.591. The third-order valence-electron chi connectivity index (χ3n) is 5.06. The van der Waals surface area contributed by atoms with E-state index in [0.717, 1.165) is 18.7 Å². The minimum Gasteiger partial charge on any atom is -0.369 e. The average Bonchev–Trinajstić information content (AvgIpc) is 2.66. The van der Waals surface area contributed by atoms with Crippen LogP contribution in [0.3, 0.4) is 0 Å². The molecule has 25 heavy (non-hydrogen) atoms. The van der Waals surface area contributed by atoms with Gasteiger partial charge in [-0.2, -0.15) is 5.26 Å². The second-order valence-corrected chi connectivity index (χ2v) is 7.00. The smallest absolute Gasteiger partial charge is 0.0912 e. The molecule has 0 bridgehead atoms. The molecule has 0 aliphatic carbocycles. The van der Waals surface area contributed by atoms with Crippen LogP contribution in [0.25, 0.3) is 6.08 Å². The lowest BCUT2D eigenvalue weighted by Gasteiger charge is -2.36. The largest absolute Gasteiger partial charge is 0.369 e. The molecule has 1 fully saturated rings. The Morgan fingerprint density at radius 1 is 0.920 bits per heavy atom. The van der Waals surface area contributed by atoms with E-state index in [-0.39, 0.29) is 0 Å². The molecule has 3 heteroatoms. The van der Waals surface area contributed by atoms with E-state index in [2.05, 4.69) is 41.0 Å². The van der Waals surface area contributed by atoms with Crippen molar-refractivity contribution in [3.05, 3.63) is 35.9 Å². The molecule has 1 aromatic rings. The first-order chi connectivity index (χ1) is 12.3. The van der Waals surface area contributed by atoms with Crippen molar-refractivity contribution in [3.63, 3.8) is 0 Å². The van der Waals surface area contributed by atoms with Crippen LogP contribution in [0.5, 0.6) is 0 Å². The molecular formula is C22H33N3. The van der Waals surface area contributed by atoms with Crippen molar-refractivity contribution in [2.75, 3.05) is 37.6 Å². The van der Waals surface area contributed by atoms with Gasteiger partial charge in [0.1, 0.15) is 0 Å². The van der Waals surface area contributed by atoms with Gasteiger partial charge < -0.3 is 4.90 Å². The van der Waals surface area contributed by atoms with Crippen LogP contribution in [0, 0.1) is 11.3 Å². The highest BCUT2D eigenvalue weighted by Gasteiger charge is 2.16. The number of benzene rings is 1. The molecule has 0 amide bonds. The molecule has 3 nitrogen and oxygen atoms in total. The van der Waals surface area contributed by atoms with Gasteiger partial charge in [0.2, 0.25) is 0 Å². The molecule has 136 valence electrons. The van der Waals surface area contributed by atoms with Crippen LogP contribution in [0.15, 0.2) is 30.3 Å². The van der Waals surface area contributed by atoms with Crippen LogP contribution in [-0.4, -0.2) is 37.6 Å². The molecule has 1 saturated heterocycles. The van der Waals surface area contributed by atoms with Crippen LogP contribution in [0.2, 0.25) is 0 Å². The standard InChI is InChI=1S/C22H33N3/c1-2-3-4-5-6-7-8-16-24-17-19-25(20-18-24)22-13-11-21(12-14-22)10-9-15-23/h9-14H,2-8,16-20H2,1H3/b10-9+. The number of allylic oxidation sites excluding steroid dienone is 1. The lowest BCUT2D eigenvalue weighted by atomic mass is 10.1. The lowest BCUT2D eigenvalue weighted by molar-refractivity contribution is 0.252. The Hall–Kier alpha value is -1.79. The summed E-state index contributed by atoms with van der Waals surface area (Å²) in [6.07, 6.45) is 13.1. The number of nitriles is 1. The van der Waals surface area contributed by atoms with Crippen molar-refractivity contribution >= 4 is 11.8 Å². The Bertz CT molecular complexity index is 533. The molecule has 0 saturated carbocycles. The first-order valence-electron chi connectivity index (χ1n) is 9.97. The highest BCUT2D eigenvalue weighted by Crippen LogP contribution is 2.18. The van der Waals surface area contributed by atoms with Gasteiger partial charge in [0.05, 0.1) is 6.07 Å². The summed E-state index contributed by atoms with van der Waals surface area (Å²) in [5, 5.41) is 8.59. The molecular weight excluding hydrogens is 306 g/mol. The Morgan fingerprint density at radius 3 is 2.20 bits per heavy atom. The Balaban J connectivity index is 1.62. The van der Waals surface area contributed by atoms with Crippen LogP contribution in [0.1, 0.15) is 57.4 Å². The molecule has 0 unspecified atom stereocenters. The molecule has 2 rings (SSSR count). The molecule has 1 aliphatic rings. The second kappa shape index (κ2) is 11.7. The SMILES string of the molecule is CCCCCCCCCN1CCN(c2ccc(/C=C/C#N)cc2)CC1. The van der Waals surface area contributed by atoms with Crippen molar-refractivity contribution in [2.24, 2.45) is 0 Å². The summed E-state index contributed by atoms with van der Waals surface area (Å²) in [6.45, 7) is 8.12. The zero-order valence-corrected chi connectivity index (χ0v) is 15.8. The number of anilines is 1. The third-order valence-corrected chi connectivity index (χ3v) is 5.06. The average molecular weight is 340 g/mol. The number of piperazine rings is 1.